The van der Waals surface area contributed by atoms with E-state index in [9.17, 15) is 4.79 Å². The Kier molecular flexibility index (Phi) is 3.34. The Morgan fingerprint density at radius 2 is 1.93 bits per heavy atom. The molecule has 0 aliphatic heterocycles. The second-order valence-corrected chi connectivity index (χ2v) is 4.55. The van der Waals surface area contributed by atoms with E-state index in [1.807, 2.05) is 27.9 Å². The number of carbonyl (C=O) groups is 1. The molecule has 1 rings (SSSR count). The molecule has 0 atom stereocenters. The van der Waals surface area contributed by atoms with Gasteiger partial charge < -0.3 is 0 Å². The van der Waals surface area contributed by atoms with Crippen LogP contribution < -0.4 is 0 Å². The van der Waals surface area contributed by atoms with Gasteiger partial charge in [0.05, 0.1) is 5.54 Å². The van der Waals surface area contributed by atoms with Gasteiger partial charge in [-0.05, 0) is 39.3 Å². The Bertz CT molecular complexity index is 276. The molecule has 0 bridgehead atoms. The lowest BCUT2D eigenvalue weighted by Gasteiger charge is -2.42. The molecule has 2 nitrogen and oxygen atoms in total. The predicted octanol–water partition coefficient (Wildman–Crippen LogP) is 1.70. The van der Waals surface area contributed by atoms with Crippen LogP contribution >= 0.6 is 0 Å². The fourth-order valence-electron chi connectivity index (χ4n) is 1.52. The highest BCUT2D eigenvalue weighted by Crippen LogP contribution is 2.35. The molecule has 0 unspecified atom stereocenters. The molecule has 1 aliphatic rings. The van der Waals surface area contributed by atoms with Crippen molar-refractivity contribution in [2.75, 3.05) is 14.1 Å². The van der Waals surface area contributed by atoms with E-state index >= 15 is 0 Å². The monoisotopic (exact) mass is 193 g/mol. The molecule has 0 heterocycles. The number of hydrogen-bond acceptors (Lipinski definition) is 2. The lowest BCUT2D eigenvalue weighted by Crippen LogP contribution is -2.48. The third kappa shape index (κ3) is 2.16. The maximum absolute atomic E-state index is 11.4. The van der Waals surface area contributed by atoms with E-state index in [2.05, 4.69) is 16.7 Å². The van der Waals surface area contributed by atoms with E-state index in [0.29, 0.717) is 0 Å². The first-order valence-electron chi connectivity index (χ1n) is 5.22. The van der Waals surface area contributed by atoms with Crippen molar-refractivity contribution in [1.82, 2.24) is 4.90 Å². The first kappa shape index (κ1) is 11.3. The van der Waals surface area contributed by atoms with E-state index in [4.69, 9.17) is 0 Å². The first-order chi connectivity index (χ1) is 6.48. The van der Waals surface area contributed by atoms with Gasteiger partial charge in [-0.2, -0.15) is 0 Å². The molecule has 0 amide bonds. The Balaban J connectivity index is 2.69. The van der Waals surface area contributed by atoms with Crippen LogP contribution in [-0.4, -0.2) is 30.3 Å². The molecule has 0 radical (unpaired) electrons. The van der Waals surface area contributed by atoms with Gasteiger partial charge in [-0.3, -0.25) is 9.69 Å². The van der Waals surface area contributed by atoms with Crippen LogP contribution in [0.4, 0.5) is 0 Å². The fraction of sp³-hybridized carbons (Fsp3) is 0.750. The highest BCUT2D eigenvalue weighted by atomic mass is 16.1. The Labute approximate surface area is 86.7 Å². The topological polar surface area (TPSA) is 20.3 Å². The predicted molar refractivity (Wildman–Crippen MR) is 57.9 cm³/mol. The van der Waals surface area contributed by atoms with E-state index < -0.39 is 0 Å². The standard InChI is InChI=1S/C12H19NO/c1-10(2)11(14)6-9-12(13(3)4)7-5-8-12/h10H,5,7-8H2,1-4H3. The van der Waals surface area contributed by atoms with E-state index in [0.717, 1.165) is 12.8 Å². The molecule has 1 fully saturated rings. The summed E-state index contributed by atoms with van der Waals surface area (Å²) in [6.45, 7) is 3.78. The third-order valence-electron chi connectivity index (χ3n) is 2.98. The molecule has 78 valence electrons. The average molecular weight is 193 g/mol. The lowest BCUT2D eigenvalue weighted by atomic mass is 9.76. The van der Waals surface area contributed by atoms with Crippen LogP contribution in [0.5, 0.6) is 0 Å². The summed E-state index contributed by atoms with van der Waals surface area (Å²) in [5.74, 6) is 6.00. The van der Waals surface area contributed by atoms with Gasteiger partial charge in [-0.15, -0.1) is 0 Å². The van der Waals surface area contributed by atoms with Crippen molar-refractivity contribution in [3.05, 3.63) is 0 Å². The van der Waals surface area contributed by atoms with Crippen LogP contribution in [0.15, 0.2) is 0 Å². The first-order valence-corrected chi connectivity index (χ1v) is 5.22. The molecule has 14 heavy (non-hydrogen) atoms. The van der Waals surface area contributed by atoms with Gasteiger partial charge in [0, 0.05) is 5.92 Å². The summed E-state index contributed by atoms with van der Waals surface area (Å²) in [5, 5.41) is 0. The molecular formula is C12H19NO. The second kappa shape index (κ2) is 4.14. The minimum Gasteiger partial charge on any atom is -0.293 e. The van der Waals surface area contributed by atoms with E-state index in [1.165, 1.54) is 6.42 Å². The zero-order valence-electron chi connectivity index (χ0n) is 9.55. The van der Waals surface area contributed by atoms with Gasteiger partial charge >= 0.3 is 0 Å². The van der Waals surface area contributed by atoms with Crippen molar-refractivity contribution in [1.29, 1.82) is 0 Å². The highest BCUT2D eigenvalue weighted by molar-refractivity contribution is 5.97. The third-order valence-corrected chi connectivity index (χ3v) is 2.98. The highest BCUT2D eigenvalue weighted by Gasteiger charge is 2.37. The van der Waals surface area contributed by atoms with Gasteiger partial charge in [0.15, 0.2) is 0 Å². The van der Waals surface area contributed by atoms with Crippen LogP contribution in [0, 0.1) is 17.8 Å². The van der Waals surface area contributed by atoms with Gasteiger partial charge in [0.2, 0.25) is 5.78 Å². The summed E-state index contributed by atoms with van der Waals surface area (Å²) >= 11 is 0. The number of ketones is 1. The summed E-state index contributed by atoms with van der Waals surface area (Å²) in [6, 6.07) is 0. The molecular weight excluding hydrogens is 174 g/mol. The van der Waals surface area contributed by atoms with E-state index in [-0.39, 0.29) is 17.2 Å². The van der Waals surface area contributed by atoms with Gasteiger partial charge in [0.1, 0.15) is 0 Å². The fourth-order valence-corrected chi connectivity index (χ4v) is 1.52. The average Bonchev–Trinajstić information content (AvgIpc) is 2.00. The van der Waals surface area contributed by atoms with Crippen molar-refractivity contribution in [2.24, 2.45) is 5.92 Å². The van der Waals surface area contributed by atoms with Crippen molar-refractivity contribution in [2.45, 2.75) is 38.6 Å². The maximum Gasteiger partial charge on any atom is 0.208 e. The molecule has 2 heteroatoms. The normalized spacial score (nSPS) is 18.7. The van der Waals surface area contributed by atoms with Gasteiger partial charge in [0.25, 0.3) is 0 Å². The van der Waals surface area contributed by atoms with Crippen LogP contribution in [0.25, 0.3) is 0 Å². The molecule has 0 aromatic carbocycles. The zero-order chi connectivity index (χ0) is 10.8. The molecule has 0 N–H and O–H groups in total. The number of rotatable bonds is 2. The van der Waals surface area contributed by atoms with Crippen molar-refractivity contribution < 1.29 is 4.79 Å². The van der Waals surface area contributed by atoms with Crippen LogP contribution in [0.1, 0.15) is 33.1 Å². The number of nitrogens with zero attached hydrogens (tertiary/aromatic N) is 1. The Hall–Kier alpha value is -0.810. The second-order valence-electron chi connectivity index (χ2n) is 4.55. The molecule has 0 aromatic heterocycles. The van der Waals surface area contributed by atoms with Crippen LogP contribution in [0.2, 0.25) is 0 Å². The maximum atomic E-state index is 11.4. The number of hydrogen-bond donors (Lipinski definition) is 0. The minimum atomic E-state index is -0.00937. The molecule has 0 saturated heterocycles. The quantitative estimate of drug-likeness (QED) is 0.491. The molecule has 1 aliphatic carbocycles. The van der Waals surface area contributed by atoms with Gasteiger partial charge in [-0.25, -0.2) is 0 Å². The minimum absolute atomic E-state index is 0.00937. The van der Waals surface area contributed by atoms with Crippen molar-refractivity contribution >= 4 is 5.78 Å². The van der Waals surface area contributed by atoms with Gasteiger partial charge in [-0.1, -0.05) is 19.8 Å². The number of Topliss-reactive ketones (excluding diaryl/α,β-unsaturated/α-hetero) is 1. The number of carbonyl (C=O) groups excluding carboxylic acids is 1. The van der Waals surface area contributed by atoms with Crippen molar-refractivity contribution in [3.63, 3.8) is 0 Å². The van der Waals surface area contributed by atoms with Crippen LogP contribution in [0.3, 0.4) is 0 Å². The molecule has 0 spiro atoms. The zero-order valence-corrected chi connectivity index (χ0v) is 9.55. The SMILES string of the molecule is CC(C)C(=O)C#CC1(N(C)C)CCC1. The van der Waals surface area contributed by atoms with Crippen molar-refractivity contribution in [3.8, 4) is 11.8 Å². The Morgan fingerprint density at radius 1 is 1.36 bits per heavy atom. The molecule has 1 saturated carbocycles. The Morgan fingerprint density at radius 3 is 2.21 bits per heavy atom. The summed E-state index contributed by atoms with van der Waals surface area (Å²) in [6.07, 6.45) is 3.42. The molecule has 0 aromatic rings. The smallest absolute Gasteiger partial charge is 0.208 e. The van der Waals surface area contributed by atoms with E-state index in [1.54, 1.807) is 0 Å². The summed E-state index contributed by atoms with van der Waals surface area (Å²) in [4.78, 5) is 13.5. The summed E-state index contributed by atoms with van der Waals surface area (Å²) in [7, 11) is 4.07. The lowest BCUT2D eigenvalue weighted by molar-refractivity contribution is -0.116. The summed E-state index contributed by atoms with van der Waals surface area (Å²) < 4.78 is 0. The summed E-state index contributed by atoms with van der Waals surface area (Å²) in [5.41, 5.74) is -0.00937. The van der Waals surface area contributed by atoms with Crippen LogP contribution in [-0.2, 0) is 4.79 Å². The largest absolute Gasteiger partial charge is 0.293 e.